The number of carbonyl (C=O) groups is 2. The molecular weight excluding hydrogens is 372 g/mol. The van der Waals surface area contributed by atoms with E-state index in [0.29, 0.717) is 11.5 Å². The van der Waals surface area contributed by atoms with Gasteiger partial charge in [-0.1, -0.05) is 54.6 Å². The second kappa shape index (κ2) is 10.4. The number of piperidine rings is 1. The molecule has 1 fully saturated rings. The molecule has 0 radical (unpaired) electrons. The highest BCUT2D eigenvalue weighted by molar-refractivity contribution is 5.98. The van der Waals surface area contributed by atoms with Crippen LogP contribution >= 0.6 is 12.4 Å². The number of benzene rings is 2. The number of hydrogen-bond acceptors (Lipinski definition) is 3. The number of halogens is 1. The van der Waals surface area contributed by atoms with Crippen molar-refractivity contribution < 1.29 is 9.59 Å². The predicted octanol–water partition coefficient (Wildman–Crippen LogP) is 4.32. The van der Waals surface area contributed by atoms with E-state index in [0.717, 1.165) is 37.1 Å². The molecule has 1 aliphatic rings. The third-order valence-corrected chi connectivity index (χ3v) is 5.52. The third-order valence-electron chi connectivity index (χ3n) is 5.52. The van der Waals surface area contributed by atoms with Gasteiger partial charge in [0.15, 0.2) is 5.78 Å². The van der Waals surface area contributed by atoms with E-state index < -0.39 is 0 Å². The molecule has 2 aromatic carbocycles. The highest BCUT2D eigenvalue weighted by Crippen LogP contribution is 2.22. The number of hydrogen-bond donors (Lipinski definition) is 1. The topological polar surface area (TPSA) is 63.4 Å². The molecule has 1 aliphatic heterocycles. The summed E-state index contributed by atoms with van der Waals surface area (Å²) in [6.45, 7) is 3.54. The predicted molar refractivity (Wildman–Crippen MR) is 116 cm³/mol. The van der Waals surface area contributed by atoms with Gasteiger partial charge in [-0.2, -0.15) is 0 Å². The Kier molecular flexibility index (Phi) is 8.21. The Labute approximate surface area is 173 Å². The van der Waals surface area contributed by atoms with Gasteiger partial charge in [-0.15, -0.1) is 12.4 Å². The Hall–Kier alpha value is -2.17. The standard InChI is InChI=1S/C23H28N2O2.ClH/c1-17(24)18-13-15-25(16-14-18)23(27)12-11-22(26)21-9-7-20(8-10-21)19-5-3-2-4-6-19;/h2-10,17-18H,11-16,24H2,1H3;1H. The maximum absolute atomic E-state index is 12.4. The van der Waals surface area contributed by atoms with Crippen LogP contribution in [0.5, 0.6) is 0 Å². The third kappa shape index (κ3) is 5.66. The molecule has 2 aromatic rings. The molecule has 1 saturated heterocycles. The van der Waals surface area contributed by atoms with Crippen LogP contribution < -0.4 is 5.73 Å². The van der Waals surface area contributed by atoms with Crippen molar-refractivity contribution in [2.75, 3.05) is 13.1 Å². The fraction of sp³-hybridized carbons (Fsp3) is 0.391. The summed E-state index contributed by atoms with van der Waals surface area (Å²) >= 11 is 0. The summed E-state index contributed by atoms with van der Waals surface area (Å²) in [6.07, 6.45) is 2.45. The summed E-state index contributed by atoms with van der Waals surface area (Å²) in [6, 6.07) is 17.9. The Morgan fingerprint density at radius 1 is 0.964 bits per heavy atom. The van der Waals surface area contributed by atoms with Gasteiger partial charge in [0.1, 0.15) is 0 Å². The number of nitrogens with two attached hydrogens (primary N) is 1. The number of likely N-dealkylation sites (tertiary alicyclic amines) is 1. The summed E-state index contributed by atoms with van der Waals surface area (Å²) in [7, 11) is 0. The zero-order valence-corrected chi connectivity index (χ0v) is 17.2. The van der Waals surface area contributed by atoms with Crippen molar-refractivity contribution in [3.8, 4) is 11.1 Å². The molecule has 4 nitrogen and oxygen atoms in total. The molecule has 1 amide bonds. The van der Waals surface area contributed by atoms with Crippen LogP contribution in [0.15, 0.2) is 54.6 Å². The molecule has 1 unspecified atom stereocenters. The highest BCUT2D eigenvalue weighted by atomic mass is 35.5. The first kappa shape index (κ1) is 22.1. The Bertz CT molecular complexity index is 767. The Morgan fingerprint density at radius 2 is 1.54 bits per heavy atom. The van der Waals surface area contributed by atoms with E-state index in [1.807, 2.05) is 66.4 Å². The van der Waals surface area contributed by atoms with Crippen LogP contribution in [-0.4, -0.2) is 35.7 Å². The summed E-state index contributed by atoms with van der Waals surface area (Å²) < 4.78 is 0. The summed E-state index contributed by atoms with van der Waals surface area (Å²) in [5, 5.41) is 0. The lowest BCUT2D eigenvalue weighted by Crippen LogP contribution is -2.42. The highest BCUT2D eigenvalue weighted by Gasteiger charge is 2.24. The van der Waals surface area contributed by atoms with E-state index in [1.54, 1.807) is 0 Å². The van der Waals surface area contributed by atoms with Crippen LogP contribution in [0.1, 0.15) is 43.0 Å². The fourth-order valence-electron chi connectivity index (χ4n) is 3.68. The van der Waals surface area contributed by atoms with Crippen molar-refractivity contribution in [1.82, 2.24) is 4.90 Å². The molecule has 2 N–H and O–H groups in total. The van der Waals surface area contributed by atoms with Gasteiger partial charge < -0.3 is 10.6 Å². The maximum atomic E-state index is 12.4. The summed E-state index contributed by atoms with van der Waals surface area (Å²) in [4.78, 5) is 26.7. The van der Waals surface area contributed by atoms with Gasteiger partial charge in [0.2, 0.25) is 5.91 Å². The lowest BCUT2D eigenvalue weighted by atomic mass is 9.91. The number of carbonyl (C=O) groups excluding carboxylic acids is 2. The van der Waals surface area contributed by atoms with Crippen molar-refractivity contribution in [3.63, 3.8) is 0 Å². The number of amides is 1. The zero-order chi connectivity index (χ0) is 19.2. The molecule has 0 aromatic heterocycles. The minimum atomic E-state index is 0. The van der Waals surface area contributed by atoms with E-state index in [4.69, 9.17) is 5.73 Å². The zero-order valence-electron chi connectivity index (χ0n) is 16.3. The normalized spacial score (nSPS) is 15.6. The average Bonchev–Trinajstić information content (AvgIpc) is 2.72. The maximum Gasteiger partial charge on any atom is 0.223 e. The molecule has 0 spiro atoms. The molecule has 5 heteroatoms. The van der Waals surface area contributed by atoms with Crippen molar-refractivity contribution in [2.45, 2.75) is 38.6 Å². The molecule has 0 aliphatic carbocycles. The fourth-order valence-corrected chi connectivity index (χ4v) is 3.68. The van der Waals surface area contributed by atoms with Crippen molar-refractivity contribution in [1.29, 1.82) is 0 Å². The lowest BCUT2D eigenvalue weighted by Gasteiger charge is -2.33. The average molecular weight is 401 g/mol. The molecule has 3 rings (SSSR count). The van der Waals surface area contributed by atoms with Crippen molar-refractivity contribution in [3.05, 3.63) is 60.2 Å². The van der Waals surface area contributed by atoms with Gasteiger partial charge in [0.25, 0.3) is 0 Å². The van der Waals surface area contributed by atoms with E-state index >= 15 is 0 Å². The van der Waals surface area contributed by atoms with Crippen molar-refractivity contribution in [2.24, 2.45) is 11.7 Å². The molecule has 0 bridgehead atoms. The van der Waals surface area contributed by atoms with Gasteiger partial charge in [0.05, 0.1) is 0 Å². The smallest absolute Gasteiger partial charge is 0.223 e. The first-order valence-corrected chi connectivity index (χ1v) is 9.76. The van der Waals surface area contributed by atoms with Crippen LogP contribution in [0.3, 0.4) is 0 Å². The van der Waals surface area contributed by atoms with Gasteiger partial charge >= 0.3 is 0 Å². The van der Waals surface area contributed by atoms with Crippen LogP contribution in [0.2, 0.25) is 0 Å². The first-order valence-electron chi connectivity index (χ1n) is 9.76. The number of rotatable bonds is 6. The van der Waals surface area contributed by atoms with Gasteiger partial charge in [-0.3, -0.25) is 9.59 Å². The lowest BCUT2D eigenvalue weighted by molar-refractivity contribution is -0.132. The second-order valence-corrected chi connectivity index (χ2v) is 7.44. The van der Waals surface area contributed by atoms with Crippen molar-refractivity contribution >= 4 is 24.1 Å². The van der Waals surface area contributed by atoms with Crippen LogP contribution in [-0.2, 0) is 4.79 Å². The van der Waals surface area contributed by atoms with Gasteiger partial charge in [0, 0.05) is 37.5 Å². The van der Waals surface area contributed by atoms with Crippen LogP contribution in [0, 0.1) is 5.92 Å². The number of Topliss-reactive ketones (excluding diaryl/α,β-unsaturated/α-hetero) is 1. The molecule has 1 heterocycles. The first-order chi connectivity index (χ1) is 13.0. The Morgan fingerprint density at radius 3 is 2.11 bits per heavy atom. The minimum Gasteiger partial charge on any atom is -0.343 e. The molecule has 0 saturated carbocycles. The number of ketones is 1. The van der Waals surface area contributed by atoms with Crippen LogP contribution in [0.25, 0.3) is 11.1 Å². The minimum absolute atomic E-state index is 0. The Balaban J connectivity index is 0.00000280. The molecule has 28 heavy (non-hydrogen) atoms. The summed E-state index contributed by atoms with van der Waals surface area (Å²) in [5.74, 6) is 0.597. The van der Waals surface area contributed by atoms with E-state index in [-0.39, 0.29) is 43.0 Å². The monoisotopic (exact) mass is 400 g/mol. The molecule has 1 atom stereocenters. The SMILES string of the molecule is CC(N)C1CCN(C(=O)CCC(=O)c2ccc(-c3ccccc3)cc2)CC1.Cl. The van der Waals surface area contributed by atoms with E-state index in [1.165, 1.54) is 0 Å². The molecule has 150 valence electrons. The van der Waals surface area contributed by atoms with Gasteiger partial charge in [-0.05, 0) is 36.8 Å². The molecular formula is C23H29ClN2O2. The van der Waals surface area contributed by atoms with Gasteiger partial charge in [-0.25, -0.2) is 0 Å². The van der Waals surface area contributed by atoms with Crippen LogP contribution in [0.4, 0.5) is 0 Å². The van der Waals surface area contributed by atoms with E-state index in [2.05, 4.69) is 0 Å². The number of nitrogens with zero attached hydrogens (tertiary/aromatic N) is 1. The second-order valence-electron chi connectivity index (χ2n) is 7.44. The summed E-state index contributed by atoms with van der Waals surface area (Å²) in [5.41, 5.74) is 8.83. The quantitative estimate of drug-likeness (QED) is 0.734. The largest absolute Gasteiger partial charge is 0.343 e. The van der Waals surface area contributed by atoms with E-state index in [9.17, 15) is 9.59 Å².